The van der Waals surface area contributed by atoms with E-state index < -0.39 is 5.60 Å². The summed E-state index contributed by atoms with van der Waals surface area (Å²) in [6.45, 7) is 12.8. The Morgan fingerprint density at radius 3 is 1.52 bits per heavy atom. The fourth-order valence-corrected chi connectivity index (χ4v) is 7.09. The standard InChI is InChI=1S/C37H37N3O2/c1-7-27-33(23-13-10-20(4)16-30(23)38-27)26-19-37(42-36(26)41,34-24-14-11-21(5)17-31(24)39-28(34)8-2)35-25-15-12-22(6)18-32(25)40-29(35)9-3/h10-19,38-40H,7-9H2,1-6H3. The van der Waals surface area contributed by atoms with E-state index in [4.69, 9.17) is 4.74 Å². The Morgan fingerprint density at radius 1 is 0.619 bits per heavy atom. The largest absolute Gasteiger partial charge is 0.441 e. The van der Waals surface area contributed by atoms with Gasteiger partial charge in [0.05, 0.1) is 5.57 Å². The number of aryl methyl sites for hydroxylation is 6. The van der Waals surface area contributed by atoms with E-state index >= 15 is 0 Å². The summed E-state index contributed by atoms with van der Waals surface area (Å²) in [5, 5.41) is 3.21. The fourth-order valence-electron chi connectivity index (χ4n) is 7.09. The lowest BCUT2D eigenvalue weighted by molar-refractivity contribution is -0.142. The molecule has 0 amide bonds. The number of benzene rings is 3. The number of aromatic amines is 3. The molecule has 1 aliphatic rings. The Balaban J connectivity index is 1.63. The number of H-pyrrole nitrogens is 3. The van der Waals surface area contributed by atoms with E-state index in [1.54, 1.807) is 0 Å². The molecule has 0 radical (unpaired) electrons. The third-order valence-corrected chi connectivity index (χ3v) is 8.99. The van der Waals surface area contributed by atoms with Crippen molar-refractivity contribution in [2.75, 3.05) is 0 Å². The summed E-state index contributed by atoms with van der Waals surface area (Å²) in [5.74, 6) is -0.293. The summed E-state index contributed by atoms with van der Waals surface area (Å²) in [7, 11) is 0. The van der Waals surface area contributed by atoms with Crippen molar-refractivity contribution in [2.24, 2.45) is 0 Å². The van der Waals surface area contributed by atoms with Gasteiger partial charge in [-0.3, -0.25) is 0 Å². The van der Waals surface area contributed by atoms with E-state index in [2.05, 4.69) is 117 Å². The van der Waals surface area contributed by atoms with E-state index in [0.29, 0.717) is 5.57 Å². The van der Waals surface area contributed by atoms with Gasteiger partial charge in [0.1, 0.15) is 0 Å². The smallest absolute Gasteiger partial charge is 0.340 e. The van der Waals surface area contributed by atoms with Gasteiger partial charge >= 0.3 is 5.97 Å². The van der Waals surface area contributed by atoms with Gasteiger partial charge in [-0.2, -0.15) is 0 Å². The van der Waals surface area contributed by atoms with Crippen LogP contribution in [0, 0.1) is 20.8 Å². The van der Waals surface area contributed by atoms with Crippen LogP contribution in [0.15, 0.2) is 60.7 Å². The van der Waals surface area contributed by atoms with Crippen LogP contribution in [0.2, 0.25) is 0 Å². The van der Waals surface area contributed by atoms with Crippen LogP contribution in [-0.2, 0) is 34.4 Å². The zero-order valence-corrected chi connectivity index (χ0v) is 25.2. The number of fused-ring (bicyclic) bond motifs is 3. The normalized spacial score (nSPS) is 14.8. The molecular weight excluding hydrogens is 518 g/mol. The second kappa shape index (κ2) is 9.52. The molecule has 0 saturated carbocycles. The van der Waals surface area contributed by atoms with Gasteiger partial charge in [0, 0.05) is 66.5 Å². The molecule has 4 heterocycles. The molecule has 0 spiro atoms. The monoisotopic (exact) mass is 555 g/mol. The number of hydrogen-bond donors (Lipinski definition) is 3. The molecule has 5 nitrogen and oxygen atoms in total. The van der Waals surface area contributed by atoms with Crippen molar-refractivity contribution >= 4 is 44.3 Å². The summed E-state index contributed by atoms with van der Waals surface area (Å²) < 4.78 is 6.82. The molecule has 7 rings (SSSR count). The summed E-state index contributed by atoms with van der Waals surface area (Å²) in [5.41, 5.74) is 12.4. The molecule has 0 aliphatic carbocycles. The third-order valence-electron chi connectivity index (χ3n) is 8.99. The van der Waals surface area contributed by atoms with Gasteiger partial charge in [0.15, 0.2) is 5.60 Å². The van der Waals surface area contributed by atoms with E-state index in [1.807, 2.05) is 0 Å². The van der Waals surface area contributed by atoms with E-state index in [1.165, 1.54) is 16.7 Å². The Hall–Kier alpha value is -4.51. The molecule has 5 heteroatoms. The van der Waals surface area contributed by atoms with Crippen molar-refractivity contribution in [3.8, 4) is 0 Å². The molecule has 0 unspecified atom stereocenters. The summed E-state index contributed by atoms with van der Waals surface area (Å²) in [6.07, 6.45) is 4.46. The summed E-state index contributed by atoms with van der Waals surface area (Å²) >= 11 is 0. The minimum absolute atomic E-state index is 0.293. The Morgan fingerprint density at radius 2 is 1.05 bits per heavy atom. The summed E-state index contributed by atoms with van der Waals surface area (Å²) in [4.78, 5) is 25.3. The van der Waals surface area contributed by atoms with Crippen molar-refractivity contribution in [3.63, 3.8) is 0 Å². The molecule has 6 aromatic rings. The van der Waals surface area contributed by atoms with Crippen molar-refractivity contribution in [1.82, 2.24) is 15.0 Å². The zero-order valence-electron chi connectivity index (χ0n) is 25.2. The molecule has 0 bridgehead atoms. The lowest BCUT2D eigenvalue weighted by Crippen LogP contribution is -2.29. The first-order valence-electron chi connectivity index (χ1n) is 15.1. The summed E-state index contributed by atoms with van der Waals surface area (Å²) in [6, 6.07) is 19.4. The Bertz CT molecular complexity index is 1990. The quantitative estimate of drug-likeness (QED) is 0.180. The minimum Gasteiger partial charge on any atom is -0.441 e. The van der Waals surface area contributed by atoms with E-state index in [9.17, 15) is 4.79 Å². The topological polar surface area (TPSA) is 73.7 Å². The molecule has 0 saturated heterocycles. The highest BCUT2D eigenvalue weighted by Gasteiger charge is 2.49. The first-order valence-corrected chi connectivity index (χ1v) is 15.1. The molecule has 3 N–H and O–H groups in total. The predicted molar refractivity (Wildman–Crippen MR) is 172 cm³/mol. The Labute approximate surface area is 246 Å². The highest BCUT2D eigenvalue weighted by Crippen LogP contribution is 2.51. The zero-order chi connectivity index (χ0) is 29.3. The van der Waals surface area contributed by atoms with Crippen molar-refractivity contribution in [1.29, 1.82) is 0 Å². The van der Waals surface area contributed by atoms with Gasteiger partial charge in [0.2, 0.25) is 0 Å². The number of hydrogen-bond acceptors (Lipinski definition) is 2. The molecule has 3 aromatic carbocycles. The predicted octanol–water partition coefficient (Wildman–Crippen LogP) is 8.63. The third kappa shape index (κ3) is 3.72. The maximum absolute atomic E-state index is 14.3. The second-order valence-corrected chi connectivity index (χ2v) is 11.8. The molecule has 3 aromatic heterocycles. The average molecular weight is 556 g/mol. The van der Waals surface area contributed by atoms with Crippen LogP contribution >= 0.6 is 0 Å². The van der Waals surface area contributed by atoms with Crippen molar-refractivity contribution in [2.45, 2.75) is 66.4 Å². The van der Waals surface area contributed by atoms with E-state index in [0.717, 1.165) is 85.7 Å². The van der Waals surface area contributed by atoms with Gasteiger partial charge in [-0.05, 0) is 81.0 Å². The first-order chi connectivity index (χ1) is 20.3. The SMILES string of the molecule is CCc1[nH]c2cc(C)ccc2c1C1=CC(c2c(CC)[nH]c3cc(C)ccc23)(c2c(CC)[nH]c3cc(C)ccc23)OC1=O. The van der Waals surface area contributed by atoms with E-state index in [-0.39, 0.29) is 5.97 Å². The molecule has 0 atom stereocenters. The number of carbonyl (C=O) groups excluding carboxylic acids is 1. The molecule has 42 heavy (non-hydrogen) atoms. The number of rotatable bonds is 6. The maximum Gasteiger partial charge on any atom is 0.340 e. The Kier molecular flexibility index (Phi) is 5.98. The maximum atomic E-state index is 14.3. The van der Waals surface area contributed by atoms with Crippen LogP contribution in [0.3, 0.4) is 0 Å². The van der Waals surface area contributed by atoms with Gasteiger partial charge in [-0.25, -0.2) is 4.79 Å². The van der Waals surface area contributed by atoms with Gasteiger partial charge < -0.3 is 19.7 Å². The highest BCUT2D eigenvalue weighted by molar-refractivity contribution is 6.23. The van der Waals surface area contributed by atoms with Crippen LogP contribution in [-0.4, -0.2) is 20.9 Å². The van der Waals surface area contributed by atoms with Crippen LogP contribution in [0.5, 0.6) is 0 Å². The molecule has 212 valence electrons. The van der Waals surface area contributed by atoms with Gasteiger partial charge in [-0.15, -0.1) is 0 Å². The van der Waals surface area contributed by atoms with Crippen molar-refractivity contribution < 1.29 is 9.53 Å². The van der Waals surface area contributed by atoms with Gasteiger partial charge in [-0.1, -0.05) is 57.2 Å². The molecule has 0 fully saturated rings. The first kappa shape index (κ1) is 26.4. The highest BCUT2D eigenvalue weighted by atomic mass is 16.6. The van der Waals surface area contributed by atoms with Crippen molar-refractivity contribution in [3.05, 3.63) is 111 Å². The number of aromatic nitrogens is 3. The lowest BCUT2D eigenvalue weighted by atomic mass is 9.80. The average Bonchev–Trinajstić information content (AvgIpc) is 3.71. The second-order valence-electron chi connectivity index (χ2n) is 11.8. The number of nitrogens with one attached hydrogen (secondary N) is 3. The van der Waals surface area contributed by atoms with Gasteiger partial charge in [0.25, 0.3) is 0 Å². The van der Waals surface area contributed by atoms with Crippen LogP contribution < -0.4 is 0 Å². The van der Waals surface area contributed by atoms with Crippen LogP contribution in [0.1, 0.15) is 71.2 Å². The number of cyclic esters (lactones) is 1. The number of carbonyl (C=O) groups is 1. The van der Waals surface area contributed by atoms with Crippen LogP contribution in [0.25, 0.3) is 38.3 Å². The minimum atomic E-state index is -1.11. The fraction of sp³-hybridized carbons (Fsp3) is 0.270. The molecular formula is C37H37N3O2. The lowest BCUT2D eigenvalue weighted by Gasteiger charge is -2.29. The number of ether oxygens (including phenoxy) is 1. The molecule has 1 aliphatic heterocycles. The number of esters is 1. The van der Waals surface area contributed by atoms with Crippen LogP contribution in [0.4, 0.5) is 0 Å².